The second-order valence-electron chi connectivity index (χ2n) is 6.24. The summed E-state index contributed by atoms with van der Waals surface area (Å²) in [6, 6.07) is 16.9. The highest BCUT2D eigenvalue weighted by atomic mass is 16.7. The van der Waals surface area contributed by atoms with Gasteiger partial charge in [-0.3, -0.25) is 4.79 Å². The van der Waals surface area contributed by atoms with Gasteiger partial charge in [0.2, 0.25) is 6.79 Å². The number of aryl methyl sites for hydroxylation is 1. The zero-order valence-electron chi connectivity index (χ0n) is 14.9. The lowest BCUT2D eigenvalue weighted by atomic mass is 10.1. The number of carbonyl (C=O) groups excluding carboxylic acids is 1. The van der Waals surface area contributed by atoms with Gasteiger partial charge in [-0.15, -0.1) is 0 Å². The minimum atomic E-state index is -0.169. The van der Waals surface area contributed by atoms with E-state index >= 15 is 0 Å². The Labute approximate surface area is 157 Å². The summed E-state index contributed by atoms with van der Waals surface area (Å²) in [7, 11) is 0. The maximum absolute atomic E-state index is 12.5. The Morgan fingerprint density at radius 1 is 1.07 bits per heavy atom. The summed E-state index contributed by atoms with van der Waals surface area (Å²) in [5.74, 6) is 1.96. The third-order valence-electron chi connectivity index (χ3n) is 4.33. The molecule has 0 aliphatic carbocycles. The van der Waals surface area contributed by atoms with Crippen LogP contribution in [0.3, 0.4) is 0 Å². The fourth-order valence-electron chi connectivity index (χ4n) is 2.82. The average Bonchev–Trinajstić information content (AvgIpc) is 3.16. The number of hydrogen-bond acceptors (Lipinski definition) is 5. The number of rotatable bonds is 5. The second kappa shape index (κ2) is 7.37. The molecule has 2 aromatic carbocycles. The Morgan fingerprint density at radius 2 is 1.93 bits per heavy atom. The number of aromatic nitrogens is 1. The molecule has 0 radical (unpaired) electrons. The molecule has 1 aromatic heterocycles. The molecule has 0 saturated heterocycles. The van der Waals surface area contributed by atoms with E-state index in [2.05, 4.69) is 15.6 Å². The van der Waals surface area contributed by atoms with Crippen molar-refractivity contribution in [2.45, 2.75) is 13.5 Å². The maximum Gasteiger partial charge on any atom is 0.255 e. The molecule has 136 valence electrons. The number of hydrogen-bond donors (Lipinski definition) is 2. The fourth-order valence-corrected chi connectivity index (χ4v) is 2.82. The van der Waals surface area contributed by atoms with Gasteiger partial charge in [-0.2, -0.15) is 0 Å². The van der Waals surface area contributed by atoms with E-state index in [-0.39, 0.29) is 12.7 Å². The number of para-hydroxylation sites is 1. The van der Waals surface area contributed by atoms with Crippen molar-refractivity contribution in [3.63, 3.8) is 0 Å². The first-order valence-corrected chi connectivity index (χ1v) is 8.64. The Kier molecular flexibility index (Phi) is 4.61. The summed E-state index contributed by atoms with van der Waals surface area (Å²) in [4.78, 5) is 16.8. The summed E-state index contributed by atoms with van der Waals surface area (Å²) in [5.41, 5.74) is 3.40. The minimum absolute atomic E-state index is 0.169. The molecule has 4 rings (SSSR count). The molecule has 0 atom stereocenters. The van der Waals surface area contributed by atoms with E-state index in [0.717, 1.165) is 28.3 Å². The summed E-state index contributed by atoms with van der Waals surface area (Å²) in [6.07, 6.45) is 1.62. The van der Waals surface area contributed by atoms with E-state index in [1.165, 1.54) is 0 Å². The second-order valence-corrected chi connectivity index (χ2v) is 6.24. The van der Waals surface area contributed by atoms with Crippen LogP contribution in [0.2, 0.25) is 0 Å². The molecule has 1 amide bonds. The third kappa shape index (κ3) is 3.84. The van der Waals surface area contributed by atoms with Crippen LogP contribution in [0.15, 0.2) is 60.8 Å². The molecular formula is C21H19N3O3. The first-order chi connectivity index (χ1) is 13.2. The summed E-state index contributed by atoms with van der Waals surface area (Å²) in [5, 5.41) is 6.17. The Bertz CT molecular complexity index is 988. The van der Waals surface area contributed by atoms with Crippen LogP contribution in [-0.2, 0) is 6.54 Å². The van der Waals surface area contributed by atoms with Crippen LogP contribution in [0.5, 0.6) is 11.5 Å². The van der Waals surface area contributed by atoms with Gasteiger partial charge in [-0.25, -0.2) is 4.98 Å². The number of anilines is 2. The molecule has 2 heterocycles. The molecule has 0 fully saturated rings. The number of ether oxygens (including phenoxy) is 2. The average molecular weight is 361 g/mol. The van der Waals surface area contributed by atoms with Crippen LogP contribution < -0.4 is 20.1 Å². The van der Waals surface area contributed by atoms with E-state index in [1.54, 1.807) is 18.3 Å². The van der Waals surface area contributed by atoms with Crippen LogP contribution >= 0.6 is 0 Å². The van der Waals surface area contributed by atoms with Gasteiger partial charge in [0, 0.05) is 24.0 Å². The molecule has 1 aliphatic heterocycles. The van der Waals surface area contributed by atoms with E-state index in [0.29, 0.717) is 17.9 Å². The van der Waals surface area contributed by atoms with Crippen molar-refractivity contribution in [3.8, 4) is 11.5 Å². The molecule has 1 aliphatic rings. The molecule has 0 saturated carbocycles. The van der Waals surface area contributed by atoms with Crippen LogP contribution in [0.25, 0.3) is 0 Å². The normalized spacial score (nSPS) is 11.9. The number of carbonyl (C=O) groups is 1. The Balaban J connectivity index is 1.43. The van der Waals surface area contributed by atoms with Crippen molar-refractivity contribution >= 4 is 17.4 Å². The van der Waals surface area contributed by atoms with Gasteiger partial charge in [-0.1, -0.05) is 24.3 Å². The first kappa shape index (κ1) is 16.9. The molecule has 0 bridgehead atoms. The summed E-state index contributed by atoms with van der Waals surface area (Å²) in [6.45, 7) is 2.78. The summed E-state index contributed by atoms with van der Waals surface area (Å²) < 4.78 is 10.7. The number of nitrogens with one attached hydrogen (secondary N) is 2. The van der Waals surface area contributed by atoms with Gasteiger partial charge in [0.15, 0.2) is 11.5 Å². The molecular weight excluding hydrogens is 342 g/mol. The van der Waals surface area contributed by atoms with Gasteiger partial charge >= 0.3 is 0 Å². The Morgan fingerprint density at radius 3 is 2.81 bits per heavy atom. The highest BCUT2D eigenvalue weighted by Gasteiger charge is 2.13. The topological polar surface area (TPSA) is 72.5 Å². The third-order valence-corrected chi connectivity index (χ3v) is 4.33. The van der Waals surface area contributed by atoms with Crippen molar-refractivity contribution < 1.29 is 14.3 Å². The van der Waals surface area contributed by atoms with Gasteiger partial charge < -0.3 is 20.1 Å². The van der Waals surface area contributed by atoms with E-state index in [9.17, 15) is 4.79 Å². The monoisotopic (exact) mass is 361 g/mol. The van der Waals surface area contributed by atoms with E-state index in [4.69, 9.17) is 9.47 Å². The lowest BCUT2D eigenvalue weighted by molar-refractivity contribution is 0.102. The lowest BCUT2D eigenvalue weighted by Gasteiger charge is -2.10. The number of nitrogens with zero attached hydrogens (tertiary/aromatic N) is 1. The zero-order valence-corrected chi connectivity index (χ0v) is 14.9. The van der Waals surface area contributed by atoms with Crippen molar-refractivity contribution in [3.05, 3.63) is 77.5 Å². The molecule has 0 spiro atoms. The van der Waals surface area contributed by atoms with Gasteiger partial charge in [0.25, 0.3) is 5.91 Å². The number of amides is 1. The first-order valence-electron chi connectivity index (χ1n) is 8.64. The van der Waals surface area contributed by atoms with E-state index < -0.39 is 0 Å². The van der Waals surface area contributed by atoms with Gasteiger partial charge in [0.1, 0.15) is 5.82 Å². The van der Waals surface area contributed by atoms with Crippen LogP contribution in [-0.4, -0.2) is 17.7 Å². The Hall–Kier alpha value is -3.54. The van der Waals surface area contributed by atoms with Gasteiger partial charge in [0.05, 0.1) is 0 Å². The predicted octanol–water partition coefficient (Wildman–Crippen LogP) is 3.98. The SMILES string of the molecule is Cc1ccccc1NC(=O)c1ccnc(NCc2ccc3c(c2)OCO3)c1. The standard InChI is InChI=1S/C21H19N3O3/c1-14-4-2-3-5-17(14)24-21(25)16-8-9-22-20(11-16)23-12-15-6-7-18-19(10-15)27-13-26-18/h2-11H,12-13H2,1H3,(H,22,23)(H,24,25). The number of pyridine rings is 1. The number of benzene rings is 2. The molecule has 0 unspecified atom stereocenters. The minimum Gasteiger partial charge on any atom is -0.454 e. The van der Waals surface area contributed by atoms with Crippen molar-refractivity contribution in [2.24, 2.45) is 0 Å². The van der Waals surface area contributed by atoms with Crippen LogP contribution in [0.1, 0.15) is 21.5 Å². The largest absolute Gasteiger partial charge is 0.454 e. The van der Waals surface area contributed by atoms with Crippen molar-refractivity contribution in [2.75, 3.05) is 17.4 Å². The molecule has 6 heteroatoms. The fraction of sp³-hybridized carbons (Fsp3) is 0.143. The van der Waals surface area contributed by atoms with Gasteiger partial charge in [-0.05, 0) is 48.4 Å². The molecule has 2 N–H and O–H groups in total. The predicted molar refractivity (Wildman–Crippen MR) is 103 cm³/mol. The van der Waals surface area contributed by atoms with Crippen LogP contribution in [0, 0.1) is 6.92 Å². The van der Waals surface area contributed by atoms with E-state index in [1.807, 2.05) is 49.4 Å². The maximum atomic E-state index is 12.5. The van der Waals surface area contributed by atoms with Crippen molar-refractivity contribution in [1.29, 1.82) is 0 Å². The highest BCUT2D eigenvalue weighted by Crippen LogP contribution is 2.32. The zero-order chi connectivity index (χ0) is 18.6. The van der Waals surface area contributed by atoms with Crippen molar-refractivity contribution in [1.82, 2.24) is 4.98 Å². The summed E-state index contributed by atoms with van der Waals surface area (Å²) >= 11 is 0. The highest BCUT2D eigenvalue weighted by molar-refractivity contribution is 6.05. The molecule has 27 heavy (non-hydrogen) atoms. The number of fused-ring (bicyclic) bond motifs is 1. The quantitative estimate of drug-likeness (QED) is 0.719. The lowest BCUT2D eigenvalue weighted by Crippen LogP contribution is -2.13. The van der Waals surface area contributed by atoms with Crippen LogP contribution in [0.4, 0.5) is 11.5 Å². The molecule has 3 aromatic rings. The molecule has 6 nitrogen and oxygen atoms in total. The smallest absolute Gasteiger partial charge is 0.255 e.